The van der Waals surface area contributed by atoms with Crippen LogP contribution in [0.5, 0.6) is 5.75 Å². The van der Waals surface area contributed by atoms with Gasteiger partial charge in [-0.1, -0.05) is 107 Å². The predicted octanol–water partition coefficient (Wildman–Crippen LogP) is 8.40. The van der Waals surface area contributed by atoms with Crippen LogP contribution in [0.2, 0.25) is 0 Å². The molecule has 0 bridgehead atoms. The normalized spacial score (nSPS) is 10.7. The molecule has 3 aromatic carbocycles. The average molecular weight is 559 g/mol. The molecular formula is C35H46N2O4. The van der Waals surface area contributed by atoms with Crippen LogP contribution in [0, 0.1) is 0 Å². The van der Waals surface area contributed by atoms with Crippen LogP contribution in [0.1, 0.15) is 99.5 Å². The number of carbonyl (C=O) groups excluding carboxylic acids is 2. The van der Waals surface area contributed by atoms with Gasteiger partial charge in [0, 0.05) is 19.0 Å². The number of ether oxygens (including phenoxy) is 1. The second-order valence-electron chi connectivity index (χ2n) is 10.5. The predicted molar refractivity (Wildman–Crippen MR) is 166 cm³/mol. The topological polar surface area (TPSA) is 67.9 Å². The molecule has 0 aliphatic rings. The Hall–Kier alpha value is -3.80. The number of nitrogens with one attached hydrogen (secondary N) is 1. The number of unbranched alkanes of at least 4 members (excludes halogenated alkanes) is 9. The summed E-state index contributed by atoms with van der Waals surface area (Å²) in [7, 11) is 0. The smallest absolute Gasteiger partial charge is 0.329 e. The molecule has 0 aliphatic heterocycles. The van der Waals surface area contributed by atoms with Crippen molar-refractivity contribution in [1.82, 2.24) is 5.32 Å². The van der Waals surface area contributed by atoms with Crippen LogP contribution in [0.3, 0.4) is 0 Å². The van der Waals surface area contributed by atoms with E-state index in [1.807, 2.05) is 78.9 Å². The molecule has 3 rings (SSSR count). The van der Waals surface area contributed by atoms with Crippen molar-refractivity contribution in [3.63, 3.8) is 0 Å². The minimum atomic E-state index is -0.405. The number of amides is 1. The van der Waals surface area contributed by atoms with E-state index in [0.717, 1.165) is 35.4 Å². The number of nitrogens with zero attached hydrogens (tertiary/aromatic N) is 1. The van der Waals surface area contributed by atoms with Gasteiger partial charge in [-0.25, -0.2) is 5.06 Å². The molecule has 0 spiro atoms. The second kappa shape index (κ2) is 18.5. The molecule has 0 radical (unpaired) electrons. The average Bonchev–Trinajstić information content (AvgIpc) is 2.99. The number of hydroxylamine groups is 1. The first-order valence-electron chi connectivity index (χ1n) is 15.1. The van der Waals surface area contributed by atoms with E-state index in [9.17, 15) is 9.59 Å². The van der Waals surface area contributed by atoms with Crippen LogP contribution in [0.25, 0.3) is 0 Å². The summed E-state index contributed by atoms with van der Waals surface area (Å²) in [6.45, 7) is 5.16. The molecule has 0 saturated carbocycles. The van der Waals surface area contributed by atoms with Crippen LogP contribution in [0.15, 0.2) is 78.9 Å². The third-order valence-electron chi connectivity index (χ3n) is 6.97. The van der Waals surface area contributed by atoms with Crippen molar-refractivity contribution in [3.8, 4) is 5.75 Å². The number of anilines is 1. The van der Waals surface area contributed by atoms with Gasteiger partial charge in [0.2, 0.25) is 0 Å². The molecule has 0 atom stereocenters. The number of hydrogen-bond acceptors (Lipinski definition) is 5. The van der Waals surface area contributed by atoms with Gasteiger partial charge in [0.15, 0.2) is 0 Å². The Morgan fingerprint density at radius 2 is 1.32 bits per heavy atom. The van der Waals surface area contributed by atoms with Crippen LogP contribution < -0.4 is 15.1 Å². The quantitative estimate of drug-likeness (QED) is 0.118. The Morgan fingerprint density at radius 3 is 1.93 bits per heavy atom. The molecule has 6 heteroatoms. The number of rotatable bonds is 19. The third-order valence-corrected chi connectivity index (χ3v) is 6.97. The van der Waals surface area contributed by atoms with Gasteiger partial charge in [-0.2, -0.15) is 0 Å². The van der Waals surface area contributed by atoms with Crippen LogP contribution >= 0.6 is 0 Å². The lowest BCUT2D eigenvalue weighted by molar-refractivity contribution is -0.142. The molecule has 220 valence electrons. The van der Waals surface area contributed by atoms with E-state index in [2.05, 4.69) is 12.2 Å². The van der Waals surface area contributed by atoms with E-state index >= 15 is 0 Å². The minimum absolute atomic E-state index is 0.0598. The van der Waals surface area contributed by atoms with E-state index in [1.54, 1.807) is 5.06 Å². The zero-order chi connectivity index (χ0) is 29.1. The van der Waals surface area contributed by atoms with Crippen LogP contribution in [-0.2, 0) is 22.8 Å². The van der Waals surface area contributed by atoms with Gasteiger partial charge in [-0.3, -0.25) is 9.59 Å². The Morgan fingerprint density at radius 1 is 0.707 bits per heavy atom. The molecule has 41 heavy (non-hydrogen) atoms. The van der Waals surface area contributed by atoms with Crippen molar-refractivity contribution < 1.29 is 19.2 Å². The molecule has 1 N–H and O–H groups in total. The van der Waals surface area contributed by atoms with E-state index in [-0.39, 0.29) is 5.91 Å². The first-order valence-corrected chi connectivity index (χ1v) is 15.1. The highest BCUT2D eigenvalue weighted by Crippen LogP contribution is 2.23. The van der Waals surface area contributed by atoms with Crippen LogP contribution in [0.4, 0.5) is 5.69 Å². The standard InChI is InChI=1S/C35H46N2O4/c1-3-4-5-6-7-8-9-10-11-15-26-36-35(39)32-20-18-30(19-21-32)27-37(41-29(2)38)33-22-24-34(25-23-33)40-28-31-16-13-12-14-17-31/h12-14,16-25H,3-11,15,26-28H2,1-2H3,(H,36,39). The summed E-state index contributed by atoms with van der Waals surface area (Å²) in [5.74, 6) is 0.265. The highest BCUT2D eigenvalue weighted by molar-refractivity contribution is 5.94. The number of hydrogen-bond donors (Lipinski definition) is 1. The first kappa shape index (κ1) is 31.7. The van der Waals surface area contributed by atoms with E-state index in [0.29, 0.717) is 25.3 Å². The summed E-state index contributed by atoms with van der Waals surface area (Å²) in [4.78, 5) is 29.9. The van der Waals surface area contributed by atoms with Crippen molar-refractivity contribution in [2.45, 2.75) is 91.2 Å². The van der Waals surface area contributed by atoms with Gasteiger partial charge >= 0.3 is 5.97 Å². The van der Waals surface area contributed by atoms with Gasteiger partial charge in [0.1, 0.15) is 12.4 Å². The van der Waals surface area contributed by atoms with Gasteiger partial charge in [0.25, 0.3) is 5.91 Å². The first-order chi connectivity index (χ1) is 20.0. The Kier molecular flexibility index (Phi) is 14.3. The maximum absolute atomic E-state index is 12.6. The SMILES string of the molecule is CCCCCCCCCCCCNC(=O)c1ccc(CN(OC(C)=O)c2ccc(OCc3ccccc3)cc2)cc1. The van der Waals surface area contributed by atoms with Gasteiger partial charge < -0.3 is 14.9 Å². The number of benzene rings is 3. The lowest BCUT2D eigenvalue weighted by atomic mass is 10.1. The highest BCUT2D eigenvalue weighted by Gasteiger charge is 2.13. The highest BCUT2D eigenvalue weighted by atomic mass is 16.7. The summed E-state index contributed by atoms with van der Waals surface area (Å²) in [5.41, 5.74) is 3.36. The Labute approximate surface area is 246 Å². The summed E-state index contributed by atoms with van der Waals surface area (Å²) in [5, 5.41) is 4.58. The van der Waals surface area contributed by atoms with Crippen molar-refractivity contribution in [1.29, 1.82) is 0 Å². The van der Waals surface area contributed by atoms with E-state index in [4.69, 9.17) is 9.57 Å². The van der Waals surface area contributed by atoms with Crippen LogP contribution in [-0.4, -0.2) is 18.4 Å². The van der Waals surface area contributed by atoms with Crippen molar-refractivity contribution in [2.24, 2.45) is 0 Å². The molecule has 3 aromatic rings. The fourth-order valence-electron chi connectivity index (χ4n) is 4.62. The summed E-state index contributed by atoms with van der Waals surface area (Å²) in [6, 6.07) is 24.8. The molecule has 0 aromatic heterocycles. The molecular weight excluding hydrogens is 512 g/mol. The summed E-state index contributed by atoms with van der Waals surface area (Å²) < 4.78 is 5.87. The van der Waals surface area contributed by atoms with Gasteiger partial charge in [-0.05, 0) is 53.9 Å². The molecule has 0 saturated heterocycles. The monoisotopic (exact) mass is 558 g/mol. The minimum Gasteiger partial charge on any atom is -0.489 e. The lowest BCUT2D eigenvalue weighted by Gasteiger charge is -2.23. The van der Waals surface area contributed by atoms with Crippen molar-refractivity contribution >= 4 is 17.6 Å². The summed E-state index contributed by atoms with van der Waals surface area (Å²) >= 11 is 0. The second-order valence-corrected chi connectivity index (χ2v) is 10.5. The van der Waals surface area contributed by atoms with Gasteiger partial charge in [0.05, 0.1) is 12.2 Å². The molecule has 0 heterocycles. The third kappa shape index (κ3) is 12.5. The fraction of sp³-hybridized carbons (Fsp3) is 0.429. The molecule has 0 fully saturated rings. The Balaban J connectivity index is 1.41. The van der Waals surface area contributed by atoms with Crippen molar-refractivity contribution in [3.05, 3.63) is 95.6 Å². The molecule has 6 nitrogen and oxygen atoms in total. The van der Waals surface area contributed by atoms with Gasteiger partial charge in [-0.15, -0.1) is 0 Å². The van der Waals surface area contributed by atoms with Crippen molar-refractivity contribution in [2.75, 3.05) is 11.6 Å². The zero-order valence-corrected chi connectivity index (χ0v) is 24.8. The van der Waals surface area contributed by atoms with E-state index in [1.165, 1.54) is 58.3 Å². The number of carbonyl (C=O) groups is 2. The summed E-state index contributed by atoms with van der Waals surface area (Å²) in [6.07, 6.45) is 12.7. The maximum Gasteiger partial charge on any atom is 0.329 e. The lowest BCUT2D eigenvalue weighted by Crippen LogP contribution is -2.26. The van der Waals surface area contributed by atoms with E-state index < -0.39 is 5.97 Å². The zero-order valence-electron chi connectivity index (χ0n) is 24.8. The Bertz CT molecular complexity index is 1150. The molecule has 0 unspecified atom stereocenters. The maximum atomic E-state index is 12.6. The molecule has 0 aliphatic carbocycles. The largest absolute Gasteiger partial charge is 0.489 e. The molecule has 1 amide bonds. The fourth-order valence-corrected chi connectivity index (χ4v) is 4.62.